The average molecular weight is 749 g/mol. The third-order valence-electron chi connectivity index (χ3n) is 7.75. The maximum atomic E-state index is 15.0. The van der Waals surface area contributed by atoms with Crippen LogP contribution in [0.3, 0.4) is 0 Å². The fourth-order valence-corrected chi connectivity index (χ4v) is 7.33. The van der Waals surface area contributed by atoms with Crippen molar-refractivity contribution in [3.05, 3.63) is 78.5 Å². The van der Waals surface area contributed by atoms with E-state index in [9.17, 15) is 44.0 Å². The molecule has 1 aliphatic heterocycles. The minimum atomic E-state index is -5.05. The van der Waals surface area contributed by atoms with E-state index in [0.717, 1.165) is 44.5 Å². The summed E-state index contributed by atoms with van der Waals surface area (Å²) in [7, 11) is -8.16. The minimum Gasteiger partial charge on any atom is -0.345 e. The van der Waals surface area contributed by atoms with Crippen molar-refractivity contribution < 1.29 is 52.8 Å². The minimum absolute atomic E-state index is 0.0421. The SMILES string of the molecule is CC(C)(F)C[C@H](N[C@@H](c1ccc(-c2ccc(S(C)(=O)=O)cc2)cc1)C(F)(F)F)C(=O)NC1CC(F)(F)CN(S(=O)(=O)c2ccccn2)CC1=O. The molecule has 4 rings (SSSR count). The van der Waals surface area contributed by atoms with Crippen LogP contribution >= 0.6 is 0 Å². The number of halogens is 6. The number of carbonyl (C=O) groups excluding carboxylic acids is 2. The van der Waals surface area contributed by atoms with Crippen molar-refractivity contribution >= 4 is 31.6 Å². The van der Waals surface area contributed by atoms with E-state index in [1.165, 1.54) is 48.5 Å². The van der Waals surface area contributed by atoms with E-state index in [1.54, 1.807) is 0 Å². The van der Waals surface area contributed by atoms with Crippen molar-refractivity contribution in [2.75, 3.05) is 19.3 Å². The van der Waals surface area contributed by atoms with Crippen molar-refractivity contribution in [1.29, 1.82) is 0 Å². The quantitative estimate of drug-likeness (QED) is 0.271. The Balaban J connectivity index is 1.58. The van der Waals surface area contributed by atoms with Crippen LogP contribution in [0.15, 0.2) is 82.8 Å². The molecule has 10 nitrogen and oxygen atoms in total. The van der Waals surface area contributed by atoms with Gasteiger partial charge in [0, 0.05) is 25.3 Å². The van der Waals surface area contributed by atoms with Crippen LogP contribution in [-0.4, -0.2) is 87.0 Å². The van der Waals surface area contributed by atoms with Gasteiger partial charge in [0.2, 0.25) is 5.91 Å². The Morgan fingerprint density at radius 3 is 2.04 bits per heavy atom. The zero-order valence-electron chi connectivity index (χ0n) is 26.9. The lowest BCUT2D eigenvalue weighted by Gasteiger charge is -2.31. The summed E-state index contributed by atoms with van der Waals surface area (Å²) in [5.41, 5.74) is -1.72. The van der Waals surface area contributed by atoms with Gasteiger partial charge in [0.05, 0.1) is 30.1 Å². The van der Waals surface area contributed by atoms with Gasteiger partial charge in [-0.25, -0.2) is 35.0 Å². The van der Waals surface area contributed by atoms with Crippen LogP contribution < -0.4 is 10.6 Å². The van der Waals surface area contributed by atoms with Crippen molar-refractivity contribution in [3.63, 3.8) is 0 Å². The molecule has 272 valence electrons. The molecule has 1 saturated heterocycles. The van der Waals surface area contributed by atoms with Crippen LogP contribution in [0.4, 0.5) is 26.3 Å². The van der Waals surface area contributed by atoms with Gasteiger partial charge >= 0.3 is 6.18 Å². The van der Waals surface area contributed by atoms with E-state index < -0.39 is 104 Å². The number of amides is 1. The van der Waals surface area contributed by atoms with Crippen molar-refractivity contribution in [1.82, 2.24) is 19.9 Å². The van der Waals surface area contributed by atoms with Gasteiger partial charge in [-0.3, -0.25) is 14.9 Å². The van der Waals surface area contributed by atoms with Gasteiger partial charge in [0.15, 0.2) is 20.6 Å². The van der Waals surface area contributed by atoms with Gasteiger partial charge in [-0.1, -0.05) is 42.5 Å². The number of rotatable bonds is 11. The summed E-state index contributed by atoms with van der Waals surface area (Å²) in [6.45, 7) is -0.544. The highest BCUT2D eigenvalue weighted by molar-refractivity contribution is 7.90. The number of nitrogens with zero attached hydrogens (tertiary/aromatic N) is 2. The molecule has 0 bridgehead atoms. The molecule has 0 spiro atoms. The summed E-state index contributed by atoms with van der Waals surface area (Å²) in [5, 5.41) is 3.50. The van der Waals surface area contributed by atoms with Gasteiger partial charge in [-0.05, 0) is 54.8 Å². The van der Waals surface area contributed by atoms with E-state index in [-0.39, 0.29) is 9.20 Å². The molecule has 2 aromatic carbocycles. The molecule has 1 aromatic heterocycles. The third-order valence-corrected chi connectivity index (χ3v) is 10.6. The summed E-state index contributed by atoms with van der Waals surface area (Å²) < 4.78 is 138. The smallest absolute Gasteiger partial charge is 0.345 e. The fraction of sp³-hybridized carbons (Fsp3) is 0.406. The lowest BCUT2D eigenvalue weighted by atomic mass is 9.96. The van der Waals surface area contributed by atoms with E-state index in [2.05, 4.69) is 10.3 Å². The normalized spacial score (nSPS) is 19.0. The Kier molecular flexibility index (Phi) is 11.2. The molecule has 3 atom stereocenters. The second kappa shape index (κ2) is 14.4. The van der Waals surface area contributed by atoms with E-state index in [4.69, 9.17) is 0 Å². The van der Waals surface area contributed by atoms with Crippen LogP contribution in [0.1, 0.15) is 38.3 Å². The maximum absolute atomic E-state index is 15.0. The fourth-order valence-electron chi connectivity index (χ4n) is 5.34. The van der Waals surface area contributed by atoms with Gasteiger partial charge in [-0.2, -0.15) is 17.5 Å². The summed E-state index contributed by atoms with van der Waals surface area (Å²) in [6, 6.07) is 7.63. The Bertz CT molecular complexity index is 1900. The molecule has 0 aliphatic carbocycles. The molecule has 3 aromatic rings. The highest BCUT2D eigenvalue weighted by Gasteiger charge is 2.48. The number of sulfonamides is 1. The Labute approximate surface area is 285 Å². The zero-order chi connectivity index (χ0) is 37.3. The molecular formula is C32H34F6N4O6S2. The Morgan fingerprint density at radius 1 is 0.960 bits per heavy atom. The molecule has 1 unspecified atom stereocenters. The molecule has 18 heteroatoms. The molecule has 1 aliphatic rings. The Morgan fingerprint density at radius 2 is 1.54 bits per heavy atom. The van der Waals surface area contributed by atoms with Crippen molar-refractivity contribution in [2.45, 2.75) is 72.5 Å². The first-order chi connectivity index (χ1) is 23.0. The molecule has 1 amide bonds. The molecule has 1 fully saturated rings. The van der Waals surface area contributed by atoms with Gasteiger partial charge in [-0.15, -0.1) is 0 Å². The van der Waals surface area contributed by atoms with Gasteiger partial charge < -0.3 is 5.32 Å². The lowest BCUT2D eigenvalue weighted by Crippen LogP contribution is -2.55. The largest absolute Gasteiger partial charge is 0.407 e. The standard InChI is InChI=1S/C32H34F6N4O6S2/c1-30(2,33)16-25(29(44)41-24-17-31(34,35)19-42(18-26(24)43)50(47,48)27-6-4-5-15-39-27)40-28(32(36,37)38)22-9-7-20(8-10-22)21-11-13-23(14-12-21)49(3,45)46/h4-15,24-25,28,40H,16-19H2,1-3H3,(H,41,44)/t24?,25-,28-/m0/s1. The number of nitrogens with one attached hydrogen (secondary N) is 2. The molecule has 0 radical (unpaired) electrons. The lowest BCUT2D eigenvalue weighted by molar-refractivity contribution is -0.162. The highest BCUT2D eigenvalue weighted by Crippen LogP contribution is 2.36. The predicted molar refractivity (Wildman–Crippen MR) is 170 cm³/mol. The van der Waals surface area contributed by atoms with Crippen molar-refractivity contribution in [2.24, 2.45) is 0 Å². The van der Waals surface area contributed by atoms with Crippen LogP contribution in [0.5, 0.6) is 0 Å². The molecular weight excluding hydrogens is 714 g/mol. The zero-order valence-corrected chi connectivity index (χ0v) is 28.5. The van der Waals surface area contributed by atoms with E-state index >= 15 is 8.78 Å². The summed E-state index contributed by atoms with van der Waals surface area (Å²) in [4.78, 5) is 30.2. The first kappa shape index (κ1) is 38.9. The number of ketones is 1. The monoisotopic (exact) mass is 748 g/mol. The van der Waals surface area contributed by atoms with Crippen molar-refractivity contribution in [3.8, 4) is 11.1 Å². The van der Waals surface area contributed by atoms with E-state index in [0.29, 0.717) is 11.1 Å². The van der Waals surface area contributed by atoms with Gasteiger partial charge in [0.1, 0.15) is 11.7 Å². The van der Waals surface area contributed by atoms with Gasteiger partial charge in [0.25, 0.3) is 15.9 Å². The topological polar surface area (TPSA) is 143 Å². The second-order valence-corrected chi connectivity index (χ2v) is 16.5. The van der Waals surface area contributed by atoms with Crippen LogP contribution in [0.25, 0.3) is 11.1 Å². The number of Topliss-reactive ketones (excluding diaryl/α,β-unsaturated/α-hetero) is 1. The molecule has 0 saturated carbocycles. The number of carbonyl (C=O) groups is 2. The van der Waals surface area contributed by atoms with Crippen LogP contribution in [0.2, 0.25) is 0 Å². The first-order valence-electron chi connectivity index (χ1n) is 15.0. The number of pyridine rings is 1. The number of hydrogen-bond donors (Lipinski definition) is 2. The third kappa shape index (κ3) is 9.88. The van der Waals surface area contributed by atoms with Crippen LogP contribution in [-0.2, 0) is 29.4 Å². The number of aromatic nitrogens is 1. The first-order valence-corrected chi connectivity index (χ1v) is 18.3. The highest BCUT2D eigenvalue weighted by atomic mass is 32.2. The second-order valence-electron chi connectivity index (χ2n) is 12.6. The molecule has 50 heavy (non-hydrogen) atoms. The molecule has 2 heterocycles. The predicted octanol–water partition coefficient (Wildman–Crippen LogP) is 4.64. The summed E-state index contributed by atoms with van der Waals surface area (Å²) >= 11 is 0. The molecule has 2 N–H and O–H groups in total. The number of alkyl halides is 6. The summed E-state index contributed by atoms with van der Waals surface area (Å²) in [6.07, 6.45) is -5.16. The maximum Gasteiger partial charge on any atom is 0.407 e. The number of hydrogen-bond acceptors (Lipinski definition) is 8. The van der Waals surface area contributed by atoms with E-state index in [1.807, 2.05) is 5.32 Å². The Hall–Kier alpha value is -3.87. The average Bonchev–Trinajstić information content (AvgIpc) is 3.12. The number of benzene rings is 2. The summed E-state index contributed by atoms with van der Waals surface area (Å²) in [5.74, 6) is -6.42. The number of sulfone groups is 1. The van der Waals surface area contributed by atoms with Crippen LogP contribution in [0, 0.1) is 0 Å².